The van der Waals surface area contributed by atoms with Crippen molar-refractivity contribution < 1.29 is 14.3 Å². The van der Waals surface area contributed by atoms with E-state index in [-0.39, 0.29) is 24.8 Å². The Balaban J connectivity index is 1.53. The zero-order valence-corrected chi connectivity index (χ0v) is 14.4. The number of hydrogen-bond acceptors (Lipinski definition) is 3. The van der Waals surface area contributed by atoms with Crippen molar-refractivity contribution in [2.75, 3.05) is 23.4 Å². The monoisotopic (exact) mass is 349 g/mol. The standard InChI is InChI=1S/C20H19N3O3/c1-2-23-17-10-14(7-8-18(17)26-12-20(23)25)22-19(24)9-13-11-21-16-6-4-3-5-15(13)16/h3-8,10-11,21H,2,9,12H2,1H3,(H,22,24). The Hall–Kier alpha value is -3.28. The Bertz CT molecular complexity index is 993. The van der Waals surface area contributed by atoms with Crippen LogP contribution in [0, 0.1) is 0 Å². The third kappa shape index (κ3) is 2.90. The molecule has 0 aliphatic carbocycles. The molecular weight excluding hydrogens is 330 g/mol. The van der Waals surface area contributed by atoms with E-state index in [1.165, 1.54) is 0 Å². The molecule has 0 atom stereocenters. The van der Waals surface area contributed by atoms with E-state index in [2.05, 4.69) is 10.3 Å². The molecular formula is C20H19N3O3. The zero-order chi connectivity index (χ0) is 18.1. The first-order valence-electron chi connectivity index (χ1n) is 8.57. The minimum atomic E-state index is -0.110. The van der Waals surface area contributed by atoms with Crippen LogP contribution in [0.15, 0.2) is 48.7 Å². The first kappa shape index (κ1) is 16.2. The van der Waals surface area contributed by atoms with Gasteiger partial charge in [-0.15, -0.1) is 0 Å². The maximum Gasteiger partial charge on any atom is 0.265 e. The molecule has 3 aromatic rings. The smallest absolute Gasteiger partial charge is 0.265 e. The molecule has 132 valence electrons. The minimum Gasteiger partial charge on any atom is -0.482 e. The van der Waals surface area contributed by atoms with E-state index >= 15 is 0 Å². The van der Waals surface area contributed by atoms with Gasteiger partial charge >= 0.3 is 0 Å². The number of fused-ring (bicyclic) bond motifs is 2. The summed E-state index contributed by atoms with van der Waals surface area (Å²) in [5, 5.41) is 3.95. The summed E-state index contributed by atoms with van der Waals surface area (Å²) in [5.74, 6) is 0.462. The van der Waals surface area contributed by atoms with E-state index in [4.69, 9.17) is 4.74 Å². The third-order valence-electron chi connectivity index (χ3n) is 4.53. The van der Waals surface area contributed by atoms with Crippen molar-refractivity contribution in [2.24, 2.45) is 0 Å². The number of carbonyl (C=O) groups is 2. The molecule has 0 fully saturated rings. The first-order valence-corrected chi connectivity index (χ1v) is 8.57. The Kier molecular flexibility index (Phi) is 4.08. The first-order chi connectivity index (χ1) is 12.7. The van der Waals surface area contributed by atoms with Gasteiger partial charge in [-0.25, -0.2) is 0 Å². The van der Waals surface area contributed by atoms with Crippen molar-refractivity contribution in [1.82, 2.24) is 4.98 Å². The van der Waals surface area contributed by atoms with Crippen LogP contribution in [0.3, 0.4) is 0 Å². The number of hydrogen-bond donors (Lipinski definition) is 2. The maximum atomic E-state index is 12.5. The fourth-order valence-electron chi connectivity index (χ4n) is 3.28. The number of aromatic amines is 1. The number of nitrogens with one attached hydrogen (secondary N) is 2. The van der Waals surface area contributed by atoms with E-state index in [9.17, 15) is 9.59 Å². The van der Waals surface area contributed by atoms with Gasteiger partial charge in [-0.05, 0) is 36.8 Å². The molecule has 6 heteroatoms. The summed E-state index contributed by atoms with van der Waals surface area (Å²) in [6, 6.07) is 13.2. The molecule has 0 radical (unpaired) electrons. The summed E-state index contributed by atoms with van der Waals surface area (Å²) in [4.78, 5) is 29.3. The summed E-state index contributed by atoms with van der Waals surface area (Å²) in [5.41, 5.74) is 3.29. The van der Waals surface area contributed by atoms with Crippen molar-refractivity contribution in [1.29, 1.82) is 0 Å². The topological polar surface area (TPSA) is 74.4 Å². The van der Waals surface area contributed by atoms with E-state index in [1.54, 1.807) is 23.1 Å². The zero-order valence-electron chi connectivity index (χ0n) is 14.4. The van der Waals surface area contributed by atoms with Gasteiger partial charge in [0.15, 0.2) is 6.61 Å². The SMILES string of the molecule is CCN1C(=O)COc2ccc(NC(=O)Cc3c[nH]c4ccccc34)cc21. The quantitative estimate of drug-likeness (QED) is 0.760. The number of rotatable bonds is 4. The summed E-state index contributed by atoms with van der Waals surface area (Å²) >= 11 is 0. The number of likely N-dealkylation sites (N-methyl/N-ethyl adjacent to an activating group) is 1. The van der Waals surface area contributed by atoms with Crippen LogP contribution in [0.25, 0.3) is 10.9 Å². The average Bonchev–Trinajstić information content (AvgIpc) is 3.04. The molecule has 4 rings (SSSR count). The number of ether oxygens (including phenoxy) is 1. The highest BCUT2D eigenvalue weighted by molar-refractivity contribution is 6.00. The van der Waals surface area contributed by atoms with Gasteiger partial charge in [0.2, 0.25) is 5.91 Å². The lowest BCUT2D eigenvalue weighted by molar-refractivity contribution is -0.121. The molecule has 0 unspecified atom stereocenters. The van der Waals surface area contributed by atoms with Crippen molar-refractivity contribution in [2.45, 2.75) is 13.3 Å². The van der Waals surface area contributed by atoms with Gasteiger partial charge in [0.25, 0.3) is 5.91 Å². The van der Waals surface area contributed by atoms with Crippen LogP contribution in [0.2, 0.25) is 0 Å². The number of anilines is 2. The number of aromatic nitrogens is 1. The van der Waals surface area contributed by atoms with Gasteiger partial charge in [-0.1, -0.05) is 18.2 Å². The van der Waals surface area contributed by atoms with Crippen LogP contribution < -0.4 is 15.0 Å². The fourth-order valence-corrected chi connectivity index (χ4v) is 3.28. The van der Waals surface area contributed by atoms with Gasteiger partial charge in [-0.2, -0.15) is 0 Å². The van der Waals surface area contributed by atoms with Crippen LogP contribution in [0.5, 0.6) is 5.75 Å². The lowest BCUT2D eigenvalue weighted by Crippen LogP contribution is -2.38. The largest absolute Gasteiger partial charge is 0.482 e. The summed E-state index contributed by atoms with van der Waals surface area (Å²) in [7, 11) is 0. The molecule has 26 heavy (non-hydrogen) atoms. The van der Waals surface area contributed by atoms with Crippen molar-refractivity contribution in [3.63, 3.8) is 0 Å². The molecule has 1 aliphatic rings. The van der Waals surface area contributed by atoms with Crippen LogP contribution in [0.4, 0.5) is 11.4 Å². The molecule has 6 nitrogen and oxygen atoms in total. The van der Waals surface area contributed by atoms with Gasteiger partial charge in [-0.3, -0.25) is 9.59 Å². The Morgan fingerprint density at radius 3 is 2.96 bits per heavy atom. The molecule has 0 saturated heterocycles. The molecule has 0 bridgehead atoms. The number of H-pyrrole nitrogens is 1. The van der Waals surface area contributed by atoms with E-state index in [1.807, 2.05) is 37.4 Å². The van der Waals surface area contributed by atoms with Gasteiger partial charge in [0.1, 0.15) is 5.75 Å². The number of carbonyl (C=O) groups excluding carboxylic acids is 2. The molecule has 2 aromatic carbocycles. The summed E-state index contributed by atoms with van der Waals surface area (Å²) < 4.78 is 5.45. The van der Waals surface area contributed by atoms with Crippen molar-refractivity contribution in [3.8, 4) is 5.75 Å². The van der Waals surface area contributed by atoms with Crippen LogP contribution in [-0.2, 0) is 16.0 Å². The van der Waals surface area contributed by atoms with Gasteiger partial charge in [0.05, 0.1) is 12.1 Å². The second kappa shape index (κ2) is 6.55. The van der Waals surface area contributed by atoms with Crippen LogP contribution in [-0.4, -0.2) is 29.9 Å². The predicted octanol–water partition coefficient (Wildman–Crippen LogP) is 3.09. The molecule has 1 aromatic heterocycles. The lowest BCUT2D eigenvalue weighted by atomic mass is 10.1. The number of nitrogens with zero attached hydrogens (tertiary/aromatic N) is 1. The number of amides is 2. The molecule has 2 heterocycles. The molecule has 2 N–H and O–H groups in total. The highest BCUT2D eigenvalue weighted by atomic mass is 16.5. The molecule has 2 amide bonds. The minimum absolute atomic E-state index is 0.0487. The van der Waals surface area contributed by atoms with Crippen LogP contribution in [0.1, 0.15) is 12.5 Å². The summed E-state index contributed by atoms with van der Waals surface area (Å²) in [6.45, 7) is 2.52. The molecule has 1 aliphatic heterocycles. The Morgan fingerprint density at radius 1 is 1.27 bits per heavy atom. The highest BCUT2D eigenvalue weighted by Gasteiger charge is 2.24. The number of benzene rings is 2. The Morgan fingerprint density at radius 2 is 2.12 bits per heavy atom. The van der Waals surface area contributed by atoms with Crippen molar-refractivity contribution >= 4 is 34.1 Å². The maximum absolute atomic E-state index is 12.5. The highest BCUT2D eigenvalue weighted by Crippen LogP contribution is 2.34. The van der Waals surface area contributed by atoms with E-state index in [0.29, 0.717) is 23.7 Å². The normalized spacial score (nSPS) is 13.4. The van der Waals surface area contributed by atoms with E-state index in [0.717, 1.165) is 16.5 Å². The van der Waals surface area contributed by atoms with Gasteiger partial charge in [0, 0.05) is 29.3 Å². The second-order valence-electron chi connectivity index (χ2n) is 6.19. The van der Waals surface area contributed by atoms with Crippen molar-refractivity contribution in [3.05, 3.63) is 54.2 Å². The van der Waals surface area contributed by atoms with Crippen LogP contribution >= 0.6 is 0 Å². The fraction of sp³-hybridized carbons (Fsp3) is 0.200. The second-order valence-corrected chi connectivity index (χ2v) is 6.19. The molecule has 0 spiro atoms. The third-order valence-corrected chi connectivity index (χ3v) is 4.53. The Labute approximate surface area is 150 Å². The van der Waals surface area contributed by atoms with E-state index < -0.39 is 0 Å². The summed E-state index contributed by atoms with van der Waals surface area (Å²) in [6.07, 6.45) is 2.14. The average molecular weight is 349 g/mol. The van der Waals surface area contributed by atoms with Gasteiger partial charge < -0.3 is 19.9 Å². The lowest BCUT2D eigenvalue weighted by Gasteiger charge is -2.28. The predicted molar refractivity (Wildman–Crippen MR) is 101 cm³/mol. The molecule has 0 saturated carbocycles. The number of para-hydroxylation sites is 1.